The molecule has 8 heteroatoms. The third-order valence-electron chi connectivity index (χ3n) is 7.20. The summed E-state index contributed by atoms with van der Waals surface area (Å²) in [7, 11) is 4.19. The van der Waals surface area contributed by atoms with Crippen LogP contribution in [-0.4, -0.2) is 62.9 Å². The zero-order valence-electron chi connectivity index (χ0n) is 21.8. The number of pyridine rings is 1. The van der Waals surface area contributed by atoms with Crippen LogP contribution >= 0.6 is 0 Å². The topological polar surface area (TPSA) is 75.0 Å². The molecule has 1 aliphatic heterocycles. The molecule has 5 aromatic rings. The molecule has 1 saturated heterocycles. The maximum Gasteiger partial charge on any atom is 0.227 e. The molecule has 1 fully saturated rings. The Kier molecular flexibility index (Phi) is 5.96. The lowest BCUT2D eigenvalue weighted by atomic mass is 10.0. The van der Waals surface area contributed by atoms with Crippen molar-refractivity contribution < 1.29 is 0 Å². The molecule has 188 valence electrons. The lowest BCUT2D eigenvalue weighted by molar-refractivity contribution is 0.313. The number of likely N-dealkylation sites (N-methyl/N-ethyl adjacent to an activating group) is 1. The van der Waals surface area contributed by atoms with Gasteiger partial charge in [0.25, 0.3) is 0 Å². The summed E-state index contributed by atoms with van der Waals surface area (Å²) in [5.41, 5.74) is 7.26. The molecule has 0 spiro atoms. The molecule has 2 aromatic carbocycles. The van der Waals surface area contributed by atoms with E-state index in [9.17, 15) is 0 Å². The van der Waals surface area contributed by atoms with Crippen LogP contribution in [0.2, 0.25) is 0 Å². The minimum atomic E-state index is 0.381. The number of anilines is 3. The minimum Gasteiger partial charge on any atom is -0.368 e. The highest BCUT2D eigenvalue weighted by Crippen LogP contribution is 2.31. The molecule has 0 radical (unpaired) electrons. The van der Waals surface area contributed by atoms with Gasteiger partial charge in [0.15, 0.2) is 0 Å². The van der Waals surface area contributed by atoms with E-state index in [-0.39, 0.29) is 0 Å². The number of nitrogens with one attached hydrogen (secondary N) is 1. The second kappa shape index (κ2) is 9.44. The molecule has 0 aliphatic carbocycles. The number of nitrogens with zero attached hydrogens (tertiary/aromatic N) is 7. The second-order valence-corrected chi connectivity index (χ2v) is 10.1. The molecule has 0 bridgehead atoms. The van der Waals surface area contributed by atoms with E-state index in [0.717, 1.165) is 59.5 Å². The Labute approximate surface area is 217 Å². The van der Waals surface area contributed by atoms with E-state index in [1.807, 2.05) is 24.0 Å². The van der Waals surface area contributed by atoms with Crippen molar-refractivity contribution in [1.82, 2.24) is 29.6 Å². The predicted octanol–water partition coefficient (Wildman–Crippen LogP) is 5.20. The fraction of sp³-hybridized carbons (Fsp3) is 0.310. The Morgan fingerprint density at radius 2 is 1.62 bits per heavy atom. The lowest BCUT2D eigenvalue weighted by Crippen LogP contribution is -2.44. The normalized spacial score (nSPS) is 14.7. The maximum atomic E-state index is 4.82. The lowest BCUT2D eigenvalue weighted by Gasteiger charge is -2.34. The van der Waals surface area contributed by atoms with E-state index in [4.69, 9.17) is 4.98 Å². The first kappa shape index (κ1) is 23.4. The van der Waals surface area contributed by atoms with E-state index in [0.29, 0.717) is 11.9 Å². The average Bonchev–Trinajstić information content (AvgIpc) is 3.24. The maximum absolute atomic E-state index is 4.82. The van der Waals surface area contributed by atoms with Crippen LogP contribution in [0.15, 0.2) is 60.9 Å². The van der Waals surface area contributed by atoms with Crippen LogP contribution < -0.4 is 10.2 Å². The van der Waals surface area contributed by atoms with Gasteiger partial charge in [-0.25, -0.2) is 9.97 Å². The molecule has 0 atom stereocenters. The molecule has 8 nitrogen and oxygen atoms in total. The van der Waals surface area contributed by atoms with Crippen LogP contribution in [-0.2, 0) is 7.05 Å². The Morgan fingerprint density at radius 1 is 0.811 bits per heavy atom. The van der Waals surface area contributed by atoms with Crippen LogP contribution in [0.1, 0.15) is 25.5 Å². The predicted molar refractivity (Wildman–Crippen MR) is 151 cm³/mol. The van der Waals surface area contributed by atoms with Crippen molar-refractivity contribution in [2.24, 2.45) is 7.05 Å². The van der Waals surface area contributed by atoms with Gasteiger partial charge in [0.05, 0.1) is 16.7 Å². The van der Waals surface area contributed by atoms with Crippen LogP contribution in [0.25, 0.3) is 33.1 Å². The summed E-state index contributed by atoms with van der Waals surface area (Å²) in [4.78, 5) is 18.8. The summed E-state index contributed by atoms with van der Waals surface area (Å²) in [6.07, 6.45) is 3.70. The smallest absolute Gasteiger partial charge is 0.227 e. The van der Waals surface area contributed by atoms with Crippen LogP contribution in [0.5, 0.6) is 0 Å². The van der Waals surface area contributed by atoms with Gasteiger partial charge in [-0.1, -0.05) is 19.9 Å². The first-order chi connectivity index (χ1) is 18.0. The van der Waals surface area contributed by atoms with Gasteiger partial charge in [-0.2, -0.15) is 5.10 Å². The van der Waals surface area contributed by atoms with Gasteiger partial charge in [0.1, 0.15) is 0 Å². The molecular weight excluding hydrogens is 460 g/mol. The number of fused-ring (bicyclic) bond motifs is 2. The summed E-state index contributed by atoms with van der Waals surface area (Å²) in [6.45, 7) is 8.59. The SMILES string of the molecule is CC(C)c1c2cc(-c3ccnc(Nc4ccc5c(N6CCN(C)CC6)ccnc5c4)n3)ccc2nn1C. The van der Waals surface area contributed by atoms with Crippen molar-refractivity contribution in [3.8, 4) is 11.3 Å². The molecule has 0 amide bonds. The number of hydrogen-bond acceptors (Lipinski definition) is 7. The largest absolute Gasteiger partial charge is 0.368 e. The fourth-order valence-electron chi connectivity index (χ4n) is 5.30. The van der Waals surface area contributed by atoms with Gasteiger partial charge in [-0.3, -0.25) is 9.67 Å². The molecule has 1 N–H and O–H groups in total. The minimum absolute atomic E-state index is 0.381. The van der Waals surface area contributed by atoms with Gasteiger partial charge >= 0.3 is 0 Å². The summed E-state index contributed by atoms with van der Waals surface area (Å²) >= 11 is 0. The Hall–Kier alpha value is -4.04. The molecule has 3 aromatic heterocycles. The molecule has 1 aliphatic rings. The fourth-order valence-corrected chi connectivity index (χ4v) is 5.30. The first-order valence-corrected chi connectivity index (χ1v) is 12.9. The number of aromatic nitrogens is 5. The second-order valence-electron chi connectivity index (χ2n) is 10.1. The van der Waals surface area contributed by atoms with E-state index >= 15 is 0 Å². The van der Waals surface area contributed by atoms with Crippen molar-refractivity contribution in [2.45, 2.75) is 19.8 Å². The van der Waals surface area contributed by atoms with Crippen molar-refractivity contribution in [3.63, 3.8) is 0 Å². The van der Waals surface area contributed by atoms with Crippen LogP contribution in [0, 0.1) is 0 Å². The van der Waals surface area contributed by atoms with Crippen molar-refractivity contribution in [2.75, 3.05) is 43.4 Å². The Morgan fingerprint density at radius 3 is 2.43 bits per heavy atom. The van der Waals surface area contributed by atoms with Gasteiger partial charge in [-0.15, -0.1) is 0 Å². The number of rotatable bonds is 5. The van der Waals surface area contributed by atoms with Crippen LogP contribution in [0.3, 0.4) is 0 Å². The molecule has 6 rings (SSSR count). The quantitative estimate of drug-likeness (QED) is 0.362. The molecule has 37 heavy (non-hydrogen) atoms. The van der Waals surface area contributed by atoms with E-state index in [2.05, 4.69) is 93.5 Å². The highest BCUT2D eigenvalue weighted by Gasteiger charge is 2.17. The van der Waals surface area contributed by atoms with E-state index in [1.165, 1.54) is 16.8 Å². The number of hydrogen-bond donors (Lipinski definition) is 1. The molecule has 4 heterocycles. The van der Waals surface area contributed by atoms with E-state index < -0.39 is 0 Å². The molecular formula is C29H32N8. The first-order valence-electron chi connectivity index (χ1n) is 12.9. The Balaban J connectivity index is 1.28. The number of piperazine rings is 1. The van der Waals surface area contributed by atoms with E-state index in [1.54, 1.807) is 6.20 Å². The standard InChI is InChI=1S/C29H32N8/c1-19(2)28-23-17-20(5-8-25(23)34-36(28)4)24-9-11-31-29(33-24)32-21-6-7-22-26(18-21)30-12-10-27(22)37-15-13-35(3)14-16-37/h5-12,17-19H,13-16H2,1-4H3,(H,31,32,33). The summed E-state index contributed by atoms with van der Waals surface area (Å²) < 4.78 is 1.98. The number of benzene rings is 2. The van der Waals surface area contributed by atoms with Gasteiger partial charge in [0, 0.05) is 79.0 Å². The summed E-state index contributed by atoms with van der Waals surface area (Å²) in [5.74, 6) is 0.939. The summed E-state index contributed by atoms with van der Waals surface area (Å²) in [5, 5.41) is 10.4. The zero-order chi connectivity index (χ0) is 25.5. The Bertz CT molecular complexity index is 1580. The van der Waals surface area contributed by atoms with Gasteiger partial charge in [-0.05, 0) is 55.4 Å². The monoisotopic (exact) mass is 492 g/mol. The zero-order valence-corrected chi connectivity index (χ0v) is 21.8. The van der Waals surface area contributed by atoms with Crippen molar-refractivity contribution >= 4 is 39.1 Å². The third-order valence-corrected chi connectivity index (χ3v) is 7.20. The highest BCUT2D eigenvalue weighted by atomic mass is 15.3. The molecule has 0 unspecified atom stereocenters. The van der Waals surface area contributed by atoms with Crippen molar-refractivity contribution in [1.29, 1.82) is 0 Å². The van der Waals surface area contributed by atoms with Crippen molar-refractivity contribution in [3.05, 3.63) is 66.6 Å². The molecule has 0 saturated carbocycles. The number of aryl methyl sites for hydroxylation is 1. The van der Waals surface area contributed by atoms with Crippen LogP contribution in [0.4, 0.5) is 17.3 Å². The van der Waals surface area contributed by atoms with Gasteiger partial charge in [0.2, 0.25) is 5.95 Å². The third kappa shape index (κ3) is 4.49. The average molecular weight is 493 g/mol. The summed E-state index contributed by atoms with van der Waals surface area (Å²) in [6, 6.07) is 16.7. The highest BCUT2D eigenvalue weighted by molar-refractivity contribution is 5.94. The van der Waals surface area contributed by atoms with Gasteiger partial charge < -0.3 is 15.1 Å².